The molecule has 2 aromatic rings. The highest BCUT2D eigenvalue weighted by Crippen LogP contribution is 2.40. The second kappa shape index (κ2) is 7.55. The Balaban J connectivity index is 1.21. The lowest BCUT2D eigenvalue weighted by molar-refractivity contribution is 0.0739. The van der Waals surface area contributed by atoms with Crippen molar-refractivity contribution >= 4 is 23.6 Å². The summed E-state index contributed by atoms with van der Waals surface area (Å²) in [6, 6.07) is 5.51. The summed E-state index contributed by atoms with van der Waals surface area (Å²) in [6.07, 6.45) is 4.11. The summed E-state index contributed by atoms with van der Waals surface area (Å²) in [6.45, 7) is 5.55. The van der Waals surface area contributed by atoms with Crippen LogP contribution in [0.1, 0.15) is 40.4 Å². The van der Waals surface area contributed by atoms with Crippen molar-refractivity contribution in [1.82, 2.24) is 20.1 Å². The maximum absolute atomic E-state index is 12.8. The van der Waals surface area contributed by atoms with Crippen LogP contribution in [0.2, 0.25) is 0 Å². The van der Waals surface area contributed by atoms with E-state index in [1.54, 1.807) is 17.0 Å². The normalized spacial score (nSPS) is 19.2. The zero-order valence-corrected chi connectivity index (χ0v) is 17.0. The van der Waals surface area contributed by atoms with Crippen LogP contribution in [0, 0.1) is 6.92 Å². The first-order valence-corrected chi connectivity index (χ1v) is 10.4. The average Bonchev–Trinajstić information content (AvgIpc) is 3.54. The van der Waals surface area contributed by atoms with Gasteiger partial charge in [-0.1, -0.05) is 6.07 Å². The van der Waals surface area contributed by atoms with Gasteiger partial charge in [0.2, 0.25) is 0 Å². The number of amides is 2. The van der Waals surface area contributed by atoms with Gasteiger partial charge in [0.25, 0.3) is 5.91 Å². The number of ether oxygens (including phenoxy) is 1. The number of pyridine rings is 1. The molecule has 1 saturated carbocycles. The van der Waals surface area contributed by atoms with E-state index in [1.807, 2.05) is 6.20 Å². The van der Waals surface area contributed by atoms with Crippen LogP contribution >= 0.6 is 0 Å². The summed E-state index contributed by atoms with van der Waals surface area (Å²) in [5.41, 5.74) is 2.82. The number of hydrogen-bond donors (Lipinski definition) is 0. The first kappa shape index (κ1) is 18.8. The van der Waals surface area contributed by atoms with Crippen molar-refractivity contribution in [2.75, 3.05) is 49.1 Å². The molecule has 4 heterocycles. The van der Waals surface area contributed by atoms with E-state index in [1.165, 1.54) is 28.9 Å². The second-order valence-electron chi connectivity index (χ2n) is 8.01. The van der Waals surface area contributed by atoms with E-state index in [9.17, 15) is 9.59 Å². The van der Waals surface area contributed by atoms with Gasteiger partial charge in [0.05, 0.1) is 6.54 Å². The van der Waals surface area contributed by atoms with Gasteiger partial charge in [-0.15, -0.1) is 10.2 Å². The van der Waals surface area contributed by atoms with Crippen LogP contribution in [0.3, 0.4) is 0 Å². The Morgan fingerprint density at radius 1 is 1.10 bits per heavy atom. The Kier molecular flexibility index (Phi) is 4.72. The third-order valence-corrected chi connectivity index (χ3v) is 5.89. The number of hydrogen-bond acceptors (Lipinski definition) is 7. The molecule has 0 atom stereocenters. The molecule has 1 aliphatic carbocycles. The smallest absolute Gasteiger partial charge is 0.415 e. The number of rotatable bonds is 4. The minimum Gasteiger partial charge on any atom is -0.447 e. The minimum atomic E-state index is -0.437. The zero-order chi connectivity index (χ0) is 20.7. The minimum absolute atomic E-state index is 0.147. The van der Waals surface area contributed by atoms with Crippen molar-refractivity contribution in [3.63, 3.8) is 0 Å². The molecule has 30 heavy (non-hydrogen) atoms. The second-order valence-corrected chi connectivity index (χ2v) is 8.01. The maximum Gasteiger partial charge on any atom is 0.415 e. The Morgan fingerprint density at radius 3 is 2.50 bits per heavy atom. The van der Waals surface area contributed by atoms with Gasteiger partial charge in [-0.2, -0.15) is 0 Å². The highest BCUT2D eigenvalue weighted by molar-refractivity contribution is 5.93. The Bertz CT molecular complexity index is 967. The molecule has 9 heteroatoms. The fraction of sp³-hybridized carbons (Fsp3) is 0.476. The first-order valence-electron chi connectivity index (χ1n) is 10.4. The molecule has 0 bridgehead atoms. The molecule has 2 saturated heterocycles. The molecular weight excluding hydrogens is 384 g/mol. The van der Waals surface area contributed by atoms with E-state index in [0.29, 0.717) is 38.0 Å². The van der Waals surface area contributed by atoms with Crippen LogP contribution in [0.15, 0.2) is 24.4 Å². The van der Waals surface area contributed by atoms with Crippen molar-refractivity contribution < 1.29 is 14.3 Å². The molecule has 3 aliphatic rings. The van der Waals surface area contributed by atoms with E-state index in [-0.39, 0.29) is 11.6 Å². The van der Waals surface area contributed by atoms with Gasteiger partial charge >= 0.3 is 6.09 Å². The van der Waals surface area contributed by atoms with Crippen molar-refractivity contribution in [2.45, 2.75) is 25.7 Å². The number of aromatic nitrogens is 3. The Morgan fingerprint density at radius 2 is 1.90 bits per heavy atom. The molecule has 3 fully saturated rings. The molecule has 0 unspecified atom stereocenters. The summed E-state index contributed by atoms with van der Waals surface area (Å²) in [5, 5.41) is 8.08. The third-order valence-electron chi connectivity index (χ3n) is 5.89. The van der Waals surface area contributed by atoms with Crippen LogP contribution in [-0.4, -0.2) is 71.4 Å². The van der Waals surface area contributed by atoms with E-state index in [2.05, 4.69) is 28.1 Å². The van der Waals surface area contributed by atoms with Crippen molar-refractivity contribution in [1.29, 1.82) is 0 Å². The van der Waals surface area contributed by atoms with Gasteiger partial charge in [0, 0.05) is 32.4 Å². The molecule has 2 aromatic heterocycles. The fourth-order valence-corrected chi connectivity index (χ4v) is 4.03. The summed E-state index contributed by atoms with van der Waals surface area (Å²) in [5.74, 6) is 1.96. The molecule has 0 radical (unpaired) electrons. The van der Waals surface area contributed by atoms with Crippen LogP contribution in [0.25, 0.3) is 0 Å². The number of carbonyl (C=O) groups excluding carboxylic acids is 2. The van der Waals surface area contributed by atoms with Crippen LogP contribution in [0.4, 0.5) is 16.4 Å². The predicted octanol–water partition coefficient (Wildman–Crippen LogP) is 1.98. The molecule has 0 spiro atoms. The van der Waals surface area contributed by atoms with Crippen LogP contribution < -0.4 is 9.80 Å². The highest BCUT2D eigenvalue weighted by Gasteiger charge is 2.28. The molecular formula is C21H24N6O3. The fourth-order valence-electron chi connectivity index (χ4n) is 4.03. The number of carbonyl (C=O) groups is 2. The van der Waals surface area contributed by atoms with E-state index in [4.69, 9.17) is 9.72 Å². The quantitative estimate of drug-likeness (QED) is 0.764. The predicted molar refractivity (Wildman–Crippen MR) is 110 cm³/mol. The lowest BCUT2D eigenvalue weighted by Gasteiger charge is -2.36. The highest BCUT2D eigenvalue weighted by atomic mass is 16.6. The van der Waals surface area contributed by atoms with Gasteiger partial charge in [0.1, 0.15) is 12.4 Å². The number of nitrogens with zero attached hydrogens (tertiary/aromatic N) is 6. The molecule has 9 nitrogen and oxygen atoms in total. The van der Waals surface area contributed by atoms with Crippen molar-refractivity contribution in [3.05, 3.63) is 41.2 Å². The number of anilines is 2. The van der Waals surface area contributed by atoms with Crippen molar-refractivity contribution in [3.8, 4) is 0 Å². The maximum atomic E-state index is 12.8. The summed E-state index contributed by atoms with van der Waals surface area (Å²) in [4.78, 5) is 34.6. The van der Waals surface area contributed by atoms with Gasteiger partial charge in [0.15, 0.2) is 11.5 Å². The molecule has 156 valence electrons. The van der Waals surface area contributed by atoms with Crippen LogP contribution in [0.5, 0.6) is 0 Å². The van der Waals surface area contributed by atoms with Gasteiger partial charge in [-0.25, -0.2) is 9.78 Å². The standard InChI is InChI=1S/C21H24N6O3/c1-14-12-16(15-2-3-15)13-22-19(14)25-6-8-26(9-7-25)20(28)17-4-5-18(24-23-17)27-10-11-30-21(27)29/h4-5,12-13,15H,2-3,6-11H2,1H3. The van der Waals surface area contributed by atoms with Crippen molar-refractivity contribution in [2.24, 2.45) is 0 Å². The first-order chi connectivity index (χ1) is 14.6. The Labute approximate surface area is 174 Å². The zero-order valence-electron chi connectivity index (χ0n) is 17.0. The third kappa shape index (κ3) is 3.55. The van der Waals surface area contributed by atoms with Crippen LogP contribution in [-0.2, 0) is 4.74 Å². The number of aryl methyl sites for hydroxylation is 1. The Hall–Kier alpha value is -3.23. The SMILES string of the molecule is Cc1cc(C2CC2)cnc1N1CCN(C(=O)c2ccc(N3CCOC3=O)nn2)CC1. The monoisotopic (exact) mass is 408 g/mol. The van der Waals surface area contributed by atoms with Gasteiger partial charge in [-0.3, -0.25) is 9.69 Å². The molecule has 2 amide bonds. The lowest BCUT2D eigenvalue weighted by Crippen LogP contribution is -2.49. The van der Waals surface area contributed by atoms with Gasteiger partial charge < -0.3 is 14.5 Å². The molecule has 2 aliphatic heterocycles. The topological polar surface area (TPSA) is 91.8 Å². The van der Waals surface area contributed by atoms with E-state index in [0.717, 1.165) is 18.9 Å². The average molecular weight is 408 g/mol. The van der Waals surface area contributed by atoms with E-state index < -0.39 is 6.09 Å². The summed E-state index contributed by atoms with van der Waals surface area (Å²) >= 11 is 0. The molecule has 0 aromatic carbocycles. The molecule has 0 N–H and O–H groups in total. The summed E-state index contributed by atoms with van der Waals surface area (Å²) in [7, 11) is 0. The molecule has 5 rings (SSSR count). The largest absolute Gasteiger partial charge is 0.447 e. The lowest BCUT2D eigenvalue weighted by atomic mass is 10.1. The number of piperazine rings is 1. The van der Waals surface area contributed by atoms with Gasteiger partial charge in [-0.05, 0) is 48.9 Å². The summed E-state index contributed by atoms with van der Waals surface area (Å²) < 4.78 is 4.90. The van der Waals surface area contributed by atoms with E-state index >= 15 is 0 Å². The number of cyclic esters (lactones) is 1.